The molecule has 7 nitrogen and oxygen atoms in total. The van der Waals surface area contributed by atoms with Gasteiger partial charge in [0.1, 0.15) is 5.82 Å². The van der Waals surface area contributed by atoms with Crippen LogP contribution in [0.15, 0.2) is 15.7 Å². The van der Waals surface area contributed by atoms with Crippen LogP contribution >= 0.6 is 12.4 Å². The van der Waals surface area contributed by atoms with E-state index in [0.29, 0.717) is 34.5 Å². The summed E-state index contributed by atoms with van der Waals surface area (Å²) in [6, 6.07) is 1.24. The molecule has 2 heterocycles. The Morgan fingerprint density at radius 2 is 1.86 bits per heavy atom. The fourth-order valence-corrected chi connectivity index (χ4v) is 4.29. The molecule has 0 spiro atoms. The number of nitrogens with two attached hydrogens (primary N) is 2. The molecular formula is C19H27ClFN5O2. The van der Waals surface area contributed by atoms with E-state index >= 15 is 4.39 Å². The summed E-state index contributed by atoms with van der Waals surface area (Å²) in [5.74, 6) is 5.45. The predicted octanol–water partition coefficient (Wildman–Crippen LogP) is 1.64. The van der Waals surface area contributed by atoms with E-state index in [0.717, 1.165) is 19.3 Å². The highest BCUT2D eigenvalue weighted by Crippen LogP contribution is 2.39. The maximum atomic E-state index is 15.1. The first-order valence-electron chi connectivity index (χ1n) is 9.40. The van der Waals surface area contributed by atoms with Gasteiger partial charge in [-0.1, -0.05) is 0 Å². The summed E-state index contributed by atoms with van der Waals surface area (Å²) in [5.41, 5.74) is 6.27. The quantitative estimate of drug-likeness (QED) is 0.748. The van der Waals surface area contributed by atoms with Gasteiger partial charge < -0.3 is 16.5 Å². The largest absolute Gasteiger partial charge is 0.369 e. The maximum Gasteiger partial charge on any atom is 0.350 e. The minimum Gasteiger partial charge on any atom is -0.369 e. The van der Waals surface area contributed by atoms with Crippen molar-refractivity contribution < 1.29 is 4.39 Å². The Morgan fingerprint density at radius 1 is 1.21 bits per heavy atom. The molecule has 1 saturated heterocycles. The molecule has 1 aromatic carbocycles. The van der Waals surface area contributed by atoms with Crippen molar-refractivity contribution in [3.63, 3.8) is 0 Å². The van der Waals surface area contributed by atoms with Gasteiger partial charge in [0.15, 0.2) is 0 Å². The zero-order valence-electron chi connectivity index (χ0n) is 16.4. The molecule has 4 rings (SSSR count). The number of nitrogens with zero attached hydrogens (tertiary/aromatic N) is 3. The summed E-state index contributed by atoms with van der Waals surface area (Å²) in [4.78, 5) is 27.1. The SMILES string of the molecule is Cc1c(N2CC[C@@H](C(C)(C)N)C2)c(F)cc2c(=O)n(N)c(=O)n(C3CC3)c12.Cl. The van der Waals surface area contributed by atoms with E-state index in [1.54, 1.807) is 11.5 Å². The number of aromatic nitrogens is 2. The van der Waals surface area contributed by atoms with Crippen LogP contribution in [0.5, 0.6) is 0 Å². The fraction of sp³-hybridized carbons (Fsp3) is 0.579. The molecular weight excluding hydrogens is 385 g/mol. The van der Waals surface area contributed by atoms with Gasteiger partial charge in [-0.05, 0) is 52.0 Å². The first-order chi connectivity index (χ1) is 12.6. The average molecular weight is 412 g/mol. The number of hydrogen-bond donors (Lipinski definition) is 2. The molecule has 9 heteroatoms. The number of nitrogen functional groups attached to an aromatic ring is 1. The summed E-state index contributed by atoms with van der Waals surface area (Å²) in [7, 11) is 0. The van der Waals surface area contributed by atoms with Gasteiger partial charge in [-0.15, -0.1) is 12.4 Å². The van der Waals surface area contributed by atoms with Gasteiger partial charge in [0, 0.05) is 30.2 Å². The minimum atomic E-state index is -0.664. The van der Waals surface area contributed by atoms with Crippen LogP contribution in [-0.4, -0.2) is 27.9 Å². The van der Waals surface area contributed by atoms with Crippen molar-refractivity contribution in [2.45, 2.75) is 51.6 Å². The lowest BCUT2D eigenvalue weighted by molar-refractivity contribution is 0.348. The fourth-order valence-electron chi connectivity index (χ4n) is 4.29. The van der Waals surface area contributed by atoms with Crippen molar-refractivity contribution in [3.8, 4) is 0 Å². The van der Waals surface area contributed by atoms with Crippen molar-refractivity contribution in [1.29, 1.82) is 0 Å². The van der Waals surface area contributed by atoms with Gasteiger partial charge in [0.2, 0.25) is 0 Å². The van der Waals surface area contributed by atoms with Gasteiger partial charge in [0.25, 0.3) is 5.56 Å². The molecule has 1 aliphatic carbocycles. The van der Waals surface area contributed by atoms with Crippen LogP contribution in [0.3, 0.4) is 0 Å². The zero-order valence-corrected chi connectivity index (χ0v) is 17.2. The predicted molar refractivity (Wildman–Crippen MR) is 111 cm³/mol. The monoisotopic (exact) mass is 411 g/mol. The molecule has 28 heavy (non-hydrogen) atoms. The van der Waals surface area contributed by atoms with Gasteiger partial charge in [0.05, 0.1) is 16.6 Å². The number of rotatable bonds is 3. The second-order valence-corrected chi connectivity index (χ2v) is 8.54. The van der Waals surface area contributed by atoms with Crippen molar-refractivity contribution in [3.05, 3.63) is 38.3 Å². The van der Waals surface area contributed by atoms with E-state index in [-0.39, 0.29) is 35.3 Å². The highest BCUT2D eigenvalue weighted by molar-refractivity contribution is 5.87. The van der Waals surface area contributed by atoms with Gasteiger partial charge in [-0.3, -0.25) is 9.36 Å². The van der Waals surface area contributed by atoms with E-state index in [9.17, 15) is 9.59 Å². The lowest BCUT2D eigenvalue weighted by atomic mass is 9.88. The van der Waals surface area contributed by atoms with E-state index < -0.39 is 17.1 Å². The number of halogens is 2. The standard InChI is InChI=1S/C19H26FN5O2.ClH/c1-10-15-13(17(26)25(22)18(27)24(15)12-4-5-12)8-14(20)16(10)23-7-6-11(9-23)19(2,3)21;/h8,11-12H,4-7,9,21-22H2,1-3H3;1H/t11-;/m1./s1. The van der Waals surface area contributed by atoms with Crippen LogP contribution in [0, 0.1) is 18.7 Å². The minimum absolute atomic E-state index is 0. The highest BCUT2D eigenvalue weighted by Gasteiger charge is 2.35. The second-order valence-electron chi connectivity index (χ2n) is 8.54. The third kappa shape index (κ3) is 3.08. The molecule has 1 atom stereocenters. The van der Waals surface area contributed by atoms with Gasteiger partial charge in [-0.2, -0.15) is 4.68 Å². The van der Waals surface area contributed by atoms with Crippen LogP contribution in [0.2, 0.25) is 0 Å². The summed E-state index contributed by atoms with van der Waals surface area (Å²) in [6.07, 6.45) is 2.58. The lowest BCUT2D eigenvalue weighted by Crippen LogP contribution is -2.45. The normalized spacial score (nSPS) is 19.9. The summed E-state index contributed by atoms with van der Waals surface area (Å²) < 4.78 is 17.2. The van der Waals surface area contributed by atoms with Crippen LogP contribution in [-0.2, 0) is 0 Å². The Bertz CT molecular complexity index is 1050. The molecule has 1 saturated carbocycles. The number of aryl methyl sites for hydroxylation is 1. The Labute approximate surface area is 168 Å². The Balaban J connectivity index is 0.00000225. The van der Waals surface area contributed by atoms with Crippen LogP contribution in [0.4, 0.5) is 10.1 Å². The number of benzene rings is 1. The third-order valence-electron chi connectivity index (χ3n) is 6.03. The smallest absolute Gasteiger partial charge is 0.350 e. The van der Waals surface area contributed by atoms with E-state index in [4.69, 9.17) is 11.6 Å². The molecule has 1 aliphatic heterocycles. The number of hydrogen-bond acceptors (Lipinski definition) is 5. The van der Waals surface area contributed by atoms with E-state index in [2.05, 4.69) is 0 Å². The molecule has 2 aliphatic rings. The Hall–Kier alpha value is -2.06. The Kier molecular flexibility index (Phi) is 5.00. The summed E-state index contributed by atoms with van der Waals surface area (Å²) in [6.45, 7) is 7.09. The van der Waals surface area contributed by atoms with Crippen molar-refractivity contribution >= 4 is 29.0 Å². The molecule has 0 unspecified atom stereocenters. The zero-order chi connectivity index (χ0) is 19.7. The first kappa shape index (κ1) is 20.7. The molecule has 1 aromatic heterocycles. The first-order valence-corrected chi connectivity index (χ1v) is 9.40. The number of fused-ring (bicyclic) bond motifs is 1. The van der Waals surface area contributed by atoms with Crippen molar-refractivity contribution in [1.82, 2.24) is 9.24 Å². The molecule has 2 fully saturated rings. The molecule has 154 valence electrons. The van der Waals surface area contributed by atoms with E-state index in [1.165, 1.54) is 6.07 Å². The van der Waals surface area contributed by atoms with Gasteiger partial charge >= 0.3 is 5.69 Å². The van der Waals surface area contributed by atoms with Crippen molar-refractivity contribution in [2.75, 3.05) is 23.8 Å². The maximum absolute atomic E-state index is 15.1. The summed E-state index contributed by atoms with van der Waals surface area (Å²) in [5, 5.41) is 0.151. The second kappa shape index (κ2) is 6.77. The lowest BCUT2D eigenvalue weighted by Gasteiger charge is -2.28. The van der Waals surface area contributed by atoms with Crippen molar-refractivity contribution in [2.24, 2.45) is 11.7 Å². The van der Waals surface area contributed by atoms with Crippen LogP contribution in [0.25, 0.3) is 10.9 Å². The number of anilines is 1. The summed E-state index contributed by atoms with van der Waals surface area (Å²) >= 11 is 0. The molecule has 4 N–H and O–H groups in total. The average Bonchev–Trinajstić information content (AvgIpc) is 3.29. The molecule has 2 aromatic rings. The van der Waals surface area contributed by atoms with E-state index in [1.807, 2.05) is 18.7 Å². The third-order valence-corrected chi connectivity index (χ3v) is 6.03. The Morgan fingerprint density at radius 3 is 2.39 bits per heavy atom. The molecule has 0 amide bonds. The highest BCUT2D eigenvalue weighted by atomic mass is 35.5. The van der Waals surface area contributed by atoms with Crippen LogP contribution < -0.4 is 27.7 Å². The molecule has 0 bridgehead atoms. The topological polar surface area (TPSA) is 99.3 Å². The van der Waals surface area contributed by atoms with Crippen LogP contribution in [0.1, 0.15) is 44.7 Å². The van der Waals surface area contributed by atoms with Gasteiger partial charge in [-0.25, -0.2) is 9.18 Å². The molecule has 0 radical (unpaired) electrons.